The summed E-state index contributed by atoms with van der Waals surface area (Å²) >= 11 is 0. The first-order valence-electron chi connectivity index (χ1n) is 10.6. The Morgan fingerprint density at radius 1 is 1.10 bits per heavy atom. The fraction of sp³-hybridized carbons (Fsp3) is 0.375. The quantitative estimate of drug-likeness (QED) is 0.609. The Balaban J connectivity index is 1.43. The molecule has 7 nitrogen and oxygen atoms in total. The van der Waals surface area contributed by atoms with Gasteiger partial charge in [0.05, 0.1) is 13.7 Å². The van der Waals surface area contributed by atoms with E-state index in [1.807, 2.05) is 48.1 Å². The number of nitrogens with zero attached hydrogens (tertiary/aromatic N) is 4. The van der Waals surface area contributed by atoms with Crippen molar-refractivity contribution in [2.24, 2.45) is 7.05 Å². The lowest BCUT2D eigenvalue weighted by molar-refractivity contribution is 0.205. The lowest BCUT2D eigenvalue weighted by Gasteiger charge is -2.37. The summed E-state index contributed by atoms with van der Waals surface area (Å²) in [6.07, 6.45) is 2.80. The van der Waals surface area contributed by atoms with E-state index in [2.05, 4.69) is 26.9 Å². The first kappa shape index (κ1) is 21.4. The number of hydrogen-bond donors (Lipinski definition) is 2. The highest BCUT2D eigenvalue weighted by molar-refractivity contribution is 5.56. The van der Waals surface area contributed by atoms with E-state index < -0.39 is 6.10 Å². The Hall–Kier alpha value is -2.87. The molecule has 1 aliphatic heterocycles. The number of aliphatic hydroxyl groups is 2. The number of aromatic nitrogens is 2. The van der Waals surface area contributed by atoms with Gasteiger partial charge in [-0.05, 0) is 23.8 Å². The number of para-hydroxylation sites is 1. The van der Waals surface area contributed by atoms with E-state index in [0.29, 0.717) is 5.82 Å². The van der Waals surface area contributed by atoms with Crippen molar-refractivity contribution in [1.82, 2.24) is 14.5 Å². The summed E-state index contributed by atoms with van der Waals surface area (Å²) in [5, 5.41) is 20.5. The van der Waals surface area contributed by atoms with Crippen LogP contribution in [-0.4, -0.2) is 58.0 Å². The van der Waals surface area contributed by atoms with E-state index in [1.54, 1.807) is 13.3 Å². The highest BCUT2D eigenvalue weighted by Gasteiger charge is 2.24. The molecular formula is C24H30N4O3. The number of hydrogen-bond acceptors (Lipinski definition) is 6. The zero-order chi connectivity index (χ0) is 21.8. The summed E-state index contributed by atoms with van der Waals surface area (Å²) in [4.78, 5) is 9.08. The van der Waals surface area contributed by atoms with Gasteiger partial charge in [0.15, 0.2) is 0 Å². The van der Waals surface area contributed by atoms with Crippen molar-refractivity contribution in [3.05, 3.63) is 77.4 Å². The minimum Gasteiger partial charge on any atom is -0.496 e. The van der Waals surface area contributed by atoms with Crippen LogP contribution in [0.25, 0.3) is 0 Å². The summed E-state index contributed by atoms with van der Waals surface area (Å²) in [5.41, 5.74) is 3.93. The molecule has 1 fully saturated rings. The zero-order valence-electron chi connectivity index (χ0n) is 18.1. The number of benzene rings is 2. The molecule has 31 heavy (non-hydrogen) atoms. The summed E-state index contributed by atoms with van der Waals surface area (Å²) in [5.74, 6) is 1.37. The molecule has 1 atom stereocenters. The van der Waals surface area contributed by atoms with Crippen LogP contribution in [-0.2, 0) is 20.2 Å². The number of imidazole rings is 1. The number of piperazine rings is 1. The number of rotatable bonds is 7. The van der Waals surface area contributed by atoms with Crippen LogP contribution in [0.2, 0.25) is 0 Å². The van der Waals surface area contributed by atoms with Crippen LogP contribution in [0.1, 0.15) is 28.6 Å². The lowest BCUT2D eigenvalue weighted by Crippen LogP contribution is -2.46. The van der Waals surface area contributed by atoms with E-state index in [1.165, 1.54) is 5.56 Å². The van der Waals surface area contributed by atoms with Gasteiger partial charge in [0.2, 0.25) is 0 Å². The number of methoxy groups -OCH3 is 1. The third kappa shape index (κ3) is 4.58. The third-order valence-corrected chi connectivity index (χ3v) is 5.97. The van der Waals surface area contributed by atoms with Crippen LogP contribution in [0.15, 0.2) is 54.9 Å². The van der Waals surface area contributed by atoms with Gasteiger partial charge in [0, 0.05) is 69.0 Å². The molecule has 2 aromatic carbocycles. The molecule has 0 aliphatic carbocycles. The maximum Gasteiger partial charge on any atom is 0.142 e. The molecule has 0 amide bonds. The van der Waals surface area contributed by atoms with Crippen LogP contribution in [0.4, 0.5) is 5.69 Å². The molecule has 1 aliphatic rings. The fourth-order valence-corrected chi connectivity index (χ4v) is 4.25. The van der Waals surface area contributed by atoms with Crippen molar-refractivity contribution in [2.75, 3.05) is 38.2 Å². The Morgan fingerprint density at radius 2 is 1.87 bits per heavy atom. The van der Waals surface area contributed by atoms with Gasteiger partial charge in [-0.3, -0.25) is 4.90 Å². The summed E-state index contributed by atoms with van der Waals surface area (Å²) < 4.78 is 7.16. The van der Waals surface area contributed by atoms with Gasteiger partial charge >= 0.3 is 0 Å². The molecule has 1 aromatic heterocycles. The molecule has 3 aromatic rings. The van der Waals surface area contributed by atoms with Crippen molar-refractivity contribution in [1.29, 1.82) is 0 Å². The molecule has 0 bridgehead atoms. The molecule has 0 spiro atoms. The highest BCUT2D eigenvalue weighted by Crippen LogP contribution is 2.31. The zero-order valence-corrected chi connectivity index (χ0v) is 18.1. The standard InChI is InChI=1S/C24H30N4O3/c1-26-10-9-25-24(26)23(30)20-5-3-4-6-21(20)28-13-11-27(12-14-28)16-18-7-8-22(31-2)19(15-18)17-29/h3-10,15,23,29-30H,11-14,16-17H2,1-2H3/t23-/m0/s1. The van der Waals surface area contributed by atoms with Gasteiger partial charge in [-0.2, -0.15) is 0 Å². The molecule has 0 saturated carbocycles. The summed E-state index contributed by atoms with van der Waals surface area (Å²) in [7, 11) is 3.52. The topological polar surface area (TPSA) is 74.0 Å². The Kier molecular flexibility index (Phi) is 6.56. The second-order valence-electron chi connectivity index (χ2n) is 7.93. The SMILES string of the molecule is COc1ccc(CN2CCN(c3ccccc3[C@H](O)c3nccn3C)CC2)cc1CO. The van der Waals surface area contributed by atoms with Crippen LogP contribution in [0.5, 0.6) is 5.75 Å². The molecular weight excluding hydrogens is 392 g/mol. The normalized spacial score (nSPS) is 15.8. The molecule has 1 saturated heterocycles. The number of ether oxygens (including phenoxy) is 1. The highest BCUT2D eigenvalue weighted by atomic mass is 16.5. The minimum absolute atomic E-state index is 0.0279. The number of aliphatic hydroxyl groups excluding tert-OH is 2. The Bertz CT molecular complexity index is 1010. The van der Waals surface area contributed by atoms with Gasteiger partial charge in [0.1, 0.15) is 17.7 Å². The third-order valence-electron chi connectivity index (χ3n) is 5.97. The fourth-order valence-electron chi connectivity index (χ4n) is 4.25. The van der Waals surface area contributed by atoms with Crippen molar-refractivity contribution in [2.45, 2.75) is 19.3 Å². The van der Waals surface area contributed by atoms with Gasteiger partial charge in [0.25, 0.3) is 0 Å². The molecule has 2 N–H and O–H groups in total. The predicted octanol–water partition coefficient (Wildman–Crippen LogP) is 2.32. The van der Waals surface area contributed by atoms with E-state index >= 15 is 0 Å². The van der Waals surface area contributed by atoms with Gasteiger partial charge in [-0.25, -0.2) is 4.98 Å². The largest absolute Gasteiger partial charge is 0.496 e. The molecule has 164 valence electrons. The Morgan fingerprint density at radius 3 is 2.55 bits per heavy atom. The maximum atomic E-state index is 11.0. The van der Waals surface area contributed by atoms with E-state index in [0.717, 1.165) is 55.3 Å². The van der Waals surface area contributed by atoms with E-state index in [4.69, 9.17) is 4.74 Å². The Labute approximate surface area is 183 Å². The number of aryl methyl sites for hydroxylation is 1. The summed E-state index contributed by atoms with van der Waals surface area (Å²) in [6.45, 7) is 4.42. The van der Waals surface area contributed by atoms with Gasteiger partial charge in [-0.1, -0.05) is 24.3 Å². The minimum atomic E-state index is -0.759. The predicted molar refractivity (Wildman–Crippen MR) is 120 cm³/mol. The smallest absolute Gasteiger partial charge is 0.142 e. The first-order chi connectivity index (χ1) is 15.1. The van der Waals surface area contributed by atoms with Crippen molar-refractivity contribution < 1.29 is 14.9 Å². The van der Waals surface area contributed by atoms with Gasteiger partial charge in [-0.15, -0.1) is 0 Å². The number of anilines is 1. The monoisotopic (exact) mass is 422 g/mol. The molecule has 4 rings (SSSR count). The first-order valence-corrected chi connectivity index (χ1v) is 10.6. The second kappa shape index (κ2) is 9.51. The van der Waals surface area contributed by atoms with Crippen LogP contribution >= 0.6 is 0 Å². The average molecular weight is 423 g/mol. The van der Waals surface area contributed by atoms with Crippen LogP contribution in [0, 0.1) is 0 Å². The molecule has 0 radical (unpaired) electrons. The molecule has 0 unspecified atom stereocenters. The maximum absolute atomic E-state index is 11.0. The van der Waals surface area contributed by atoms with Crippen molar-refractivity contribution in [3.63, 3.8) is 0 Å². The molecule has 7 heteroatoms. The summed E-state index contributed by atoms with van der Waals surface area (Å²) in [6, 6.07) is 14.0. The van der Waals surface area contributed by atoms with Gasteiger partial charge < -0.3 is 24.4 Å². The average Bonchev–Trinajstić information content (AvgIpc) is 3.25. The second-order valence-corrected chi connectivity index (χ2v) is 7.93. The van der Waals surface area contributed by atoms with Crippen LogP contribution in [0.3, 0.4) is 0 Å². The van der Waals surface area contributed by atoms with Crippen molar-refractivity contribution in [3.8, 4) is 5.75 Å². The van der Waals surface area contributed by atoms with E-state index in [9.17, 15) is 10.2 Å². The van der Waals surface area contributed by atoms with Crippen LogP contribution < -0.4 is 9.64 Å². The molecule has 2 heterocycles. The van der Waals surface area contributed by atoms with Crippen molar-refractivity contribution >= 4 is 5.69 Å². The lowest BCUT2D eigenvalue weighted by atomic mass is 10.0. The van der Waals surface area contributed by atoms with E-state index in [-0.39, 0.29) is 6.61 Å².